The summed E-state index contributed by atoms with van der Waals surface area (Å²) in [6.45, 7) is 7.30. The van der Waals surface area contributed by atoms with E-state index < -0.39 is 11.4 Å². The lowest BCUT2D eigenvalue weighted by Crippen LogP contribution is -2.45. The normalized spacial score (nSPS) is 18.0. The third-order valence-electron chi connectivity index (χ3n) is 7.62. The van der Waals surface area contributed by atoms with Crippen molar-refractivity contribution < 1.29 is 13.5 Å². The highest BCUT2D eigenvalue weighted by atomic mass is 32.2. The highest BCUT2D eigenvalue weighted by Crippen LogP contribution is 2.50. The van der Waals surface area contributed by atoms with Crippen molar-refractivity contribution in [2.75, 3.05) is 13.1 Å². The fourth-order valence-corrected chi connectivity index (χ4v) is 7.55. The van der Waals surface area contributed by atoms with E-state index in [1.54, 1.807) is 0 Å². The molecule has 1 aliphatic heterocycles. The van der Waals surface area contributed by atoms with Crippen LogP contribution >= 0.6 is 12.0 Å². The molecule has 39 heavy (non-hydrogen) atoms. The van der Waals surface area contributed by atoms with Gasteiger partial charge in [-0.2, -0.15) is 0 Å². The molecule has 6 heteroatoms. The molecule has 4 nitrogen and oxygen atoms in total. The Morgan fingerprint density at radius 1 is 0.949 bits per heavy atom. The van der Waals surface area contributed by atoms with Gasteiger partial charge in [-0.3, -0.25) is 4.79 Å². The molecule has 1 atom stereocenters. The van der Waals surface area contributed by atoms with E-state index in [1.807, 2.05) is 85.7 Å². The van der Waals surface area contributed by atoms with Crippen LogP contribution in [0.25, 0.3) is 5.57 Å². The van der Waals surface area contributed by atoms with Crippen molar-refractivity contribution in [3.05, 3.63) is 101 Å². The van der Waals surface area contributed by atoms with E-state index >= 15 is 0 Å². The Hall–Kier alpha value is -2.95. The highest BCUT2D eigenvalue weighted by Gasteiger charge is 2.45. The molecule has 0 bridgehead atoms. The van der Waals surface area contributed by atoms with Crippen LogP contribution in [0.4, 0.5) is 0 Å². The lowest BCUT2D eigenvalue weighted by molar-refractivity contribution is -0.117. The molecule has 0 aromatic heterocycles. The van der Waals surface area contributed by atoms with Crippen molar-refractivity contribution >= 4 is 34.8 Å². The van der Waals surface area contributed by atoms with Gasteiger partial charge in [-0.1, -0.05) is 42.3 Å². The van der Waals surface area contributed by atoms with Crippen molar-refractivity contribution in [3.63, 3.8) is 0 Å². The zero-order chi connectivity index (χ0) is 27.4. The number of carbonyl (C=O) groups is 1. The van der Waals surface area contributed by atoms with Gasteiger partial charge in [0.1, 0.15) is 5.76 Å². The predicted molar refractivity (Wildman–Crippen MR) is 159 cm³/mol. The second-order valence-corrected chi connectivity index (χ2v) is 12.7. The largest absolute Gasteiger partial charge is 0.593 e. The molecule has 0 amide bonds. The van der Waals surface area contributed by atoms with Crippen LogP contribution in [0.1, 0.15) is 54.9 Å². The van der Waals surface area contributed by atoms with Crippen LogP contribution in [-0.4, -0.2) is 27.7 Å². The van der Waals surface area contributed by atoms with Crippen molar-refractivity contribution in [1.82, 2.24) is 4.31 Å². The third kappa shape index (κ3) is 6.13. The van der Waals surface area contributed by atoms with Gasteiger partial charge in [-0.05, 0) is 92.1 Å². The molecular weight excluding hydrogens is 523 g/mol. The Balaban J connectivity index is 1.45. The second kappa shape index (κ2) is 12.1. The van der Waals surface area contributed by atoms with Gasteiger partial charge in [-0.25, -0.2) is 0 Å². The van der Waals surface area contributed by atoms with Gasteiger partial charge in [0.05, 0.1) is 29.0 Å². The van der Waals surface area contributed by atoms with Gasteiger partial charge >= 0.3 is 0 Å². The summed E-state index contributed by atoms with van der Waals surface area (Å²) in [4.78, 5) is 15.8. The maximum absolute atomic E-state index is 14.0. The maximum atomic E-state index is 14.0. The van der Waals surface area contributed by atoms with E-state index in [2.05, 4.69) is 24.0 Å². The predicted octanol–water partition coefficient (Wildman–Crippen LogP) is 7.28. The van der Waals surface area contributed by atoms with E-state index in [-0.39, 0.29) is 11.2 Å². The summed E-state index contributed by atoms with van der Waals surface area (Å²) in [5, 5.41) is 0. The van der Waals surface area contributed by atoms with Gasteiger partial charge in [0.15, 0.2) is 10.7 Å². The Morgan fingerprint density at radius 3 is 2.18 bits per heavy atom. The molecule has 0 N–H and O–H groups in total. The molecule has 0 saturated carbocycles. The van der Waals surface area contributed by atoms with Gasteiger partial charge in [0, 0.05) is 36.4 Å². The maximum Gasteiger partial charge on any atom is 0.174 e. The lowest BCUT2D eigenvalue weighted by Gasteiger charge is -2.43. The summed E-state index contributed by atoms with van der Waals surface area (Å²) in [5.41, 5.74) is 4.49. The summed E-state index contributed by atoms with van der Waals surface area (Å²) in [6.07, 6.45) is 2.77. The number of carbonyl (C=O) groups excluding carboxylic acids is 1. The molecule has 0 radical (unpaired) electrons. The van der Waals surface area contributed by atoms with Crippen LogP contribution in [-0.2, 0) is 20.3 Å². The summed E-state index contributed by atoms with van der Waals surface area (Å²) < 4.78 is 21.6. The Morgan fingerprint density at radius 2 is 1.56 bits per heavy atom. The molecular formula is C33H33NO3S2. The molecule has 3 aromatic rings. The van der Waals surface area contributed by atoms with Gasteiger partial charge in [0.2, 0.25) is 0 Å². The first-order chi connectivity index (χ1) is 18.9. The van der Waals surface area contributed by atoms with Crippen LogP contribution in [0.5, 0.6) is 0 Å². The smallest absolute Gasteiger partial charge is 0.174 e. The summed E-state index contributed by atoms with van der Waals surface area (Å²) >= 11 is 0.115. The first-order valence-corrected chi connectivity index (χ1v) is 15.2. The Kier molecular flexibility index (Phi) is 8.54. The number of Topliss-reactive ketones (excluding diaryl/α,β-unsaturated/α-hetero) is 1. The minimum atomic E-state index is -1.19. The first kappa shape index (κ1) is 27.6. The number of allylic oxidation sites excluding steroid dienone is 2. The molecule has 200 valence electrons. The van der Waals surface area contributed by atoms with Crippen LogP contribution < -0.4 is 0 Å². The number of hydrogen-bond donors (Lipinski definition) is 0. The molecule has 3 aromatic carbocycles. The van der Waals surface area contributed by atoms with Gasteiger partial charge in [0.25, 0.3) is 0 Å². The molecule has 1 heterocycles. The fourth-order valence-electron chi connectivity index (χ4n) is 5.74. The first-order valence-electron chi connectivity index (χ1n) is 13.3. The summed E-state index contributed by atoms with van der Waals surface area (Å²) in [7, 11) is 0. The van der Waals surface area contributed by atoms with E-state index in [0.717, 1.165) is 50.6 Å². The SMILES string of the molecule is CC#Cc1cc(C)c(C2=C(OSc3ccccc3)CC3(CCN([S+]([O-])c4ccccc4)CC3)CC2=O)c(C)c1. The summed E-state index contributed by atoms with van der Waals surface area (Å²) in [5.74, 6) is 6.99. The lowest BCUT2D eigenvalue weighted by atomic mass is 9.67. The standard InChI is InChI=1S/C33H33NO3S2/c1-4-11-26-20-24(2)31(25(3)21-26)32-29(35)22-33(23-30(32)37-38-27-12-7-5-8-13-27)16-18-34(19-17-33)39(36)28-14-9-6-10-15-28/h5-10,12-15,20-21H,16-19,22-23H2,1-3H3. The van der Waals surface area contributed by atoms with Gasteiger partial charge in [-0.15, -0.1) is 10.2 Å². The number of hydrogen-bond acceptors (Lipinski definition) is 5. The van der Waals surface area contributed by atoms with Crippen molar-refractivity contribution in [1.29, 1.82) is 0 Å². The number of benzene rings is 3. The molecule has 1 saturated heterocycles. The quantitative estimate of drug-likeness (QED) is 0.182. The van der Waals surface area contributed by atoms with E-state index in [1.165, 1.54) is 12.0 Å². The molecule has 1 spiro atoms. The molecule has 2 aliphatic rings. The van der Waals surface area contributed by atoms with Crippen molar-refractivity contribution in [3.8, 4) is 11.8 Å². The highest BCUT2D eigenvalue weighted by molar-refractivity contribution is 7.94. The average molecular weight is 556 g/mol. The summed E-state index contributed by atoms with van der Waals surface area (Å²) in [6, 6.07) is 23.7. The van der Waals surface area contributed by atoms with Crippen molar-refractivity contribution in [2.24, 2.45) is 5.41 Å². The monoisotopic (exact) mass is 555 g/mol. The average Bonchev–Trinajstić information content (AvgIpc) is 2.94. The minimum absolute atomic E-state index is 0.128. The Labute approximate surface area is 239 Å². The second-order valence-electron chi connectivity index (χ2n) is 10.4. The van der Waals surface area contributed by atoms with E-state index in [9.17, 15) is 9.35 Å². The van der Waals surface area contributed by atoms with E-state index in [4.69, 9.17) is 4.18 Å². The van der Waals surface area contributed by atoms with Crippen LogP contribution in [0.2, 0.25) is 0 Å². The number of nitrogens with zero attached hydrogens (tertiary/aromatic N) is 1. The van der Waals surface area contributed by atoms with Crippen LogP contribution in [0.3, 0.4) is 0 Å². The van der Waals surface area contributed by atoms with Gasteiger partial charge < -0.3 is 8.74 Å². The Bertz CT molecular complexity index is 1410. The molecule has 5 rings (SSSR count). The fraction of sp³-hybridized carbons (Fsp3) is 0.303. The minimum Gasteiger partial charge on any atom is -0.593 e. The van der Waals surface area contributed by atoms with E-state index in [0.29, 0.717) is 31.5 Å². The number of piperidine rings is 1. The van der Waals surface area contributed by atoms with Crippen molar-refractivity contribution in [2.45, 2.75) is 56.2 Å². The zero-order valence-electron chi connectivity index (χ0n) is 22.7. The third-order valence-corrected chi connectivity index (χ3v) is 9.88. The molecule has 1 aliphatic carbocycles. The number of aryl methyl sites for hydroxylation is 2. The number of rotatable bonds is 6. The van der Waals surface area contributed by atoms with Crippen LogP contribution in [0, 0.1) is 31.1 Å². The zero-order valence-corrected chi connectivity index (χ0v) is 24.3. The molecule has 1 fully saturated rings. The number of ketones is 1. The van der Waals surface area contributed by atoms with Crippen LogP contribution in [0.15, 0.2) is 88.3 Å². The molecule has 1 unspecified atom stereocenters. The topological polar surface area (TPSA) is 52.6 Å².